The van der Waals surface area contributed by atoms with Crippen LogP contribution in [0.25, 0.3) is 0 Å². The fourth-order valence-electron chi connectivity index (χ4n) is 3.79. The number of aryl methyl sites for hydroxylation is 2. The number of carbonyl (C=O) groups is 1. The fourth-order valence-corrected chi connectivity index (χ4v) is 5.28. The summed E-state index contributed by atoms with van der Waals surface area (Å²) < 4.78 is 27.0. The van der Waals surface area contributed by atoms with Gasteiger partial charge in [0.15, 0.2) is 0 Å². The van der Waals surface area contributed by atoms with E-state index < -0.39 is 10.0 Å². The van der Waals surface area contributed by atoms with E-state index in [1.165, 1.54) is 15.4 Å². The minimum Gasteiger partial charge on any atom is -0.349 e. The quantitative estimate of drug-likeness (QED) is 0.778. The Kier molecular flexibility index (Phi) is 6.75. The Bertz CT molecular complexity index is 949. The van der Waals surface area contributed by atoms with Crippen LogP contribution >= 0.6 is 0 Å². The molecule has 0 aromatic heterocycles. The molecule has 1 fully saturated rings. The molecule has 0 aliphatic carbocycles. The van der Waals surface area contributed by atoms with Gasteiger partial charge in [0.25, 0.3) is 0 Å². The Morgan fingerprint density at radius 1 is 1.07 bits per heavy atom. The number of piperidine rings is 1. The normalized spacial score (nSPS) is 17.1. The topological polar surface area (TPSA) is 66.5 Å². The van der Waals surface area contributed by atoms with E-state index in [9.17, 15) is 13.2 Å². The predicted octanol–water partition coefficient (Wildman–Crippen LogP) is 3.97. The standard InChI is InChI=1S/C23H30N2O3S/c1-4-22(20-11-10-17(2)18(3)16-20)24-23(26)19-12-14-25(15-13-19)29(27,28)21-8-6-5-7-9-21/h5-11,16,19,22H,4,12-15H2,1-3H3,(H,24,26)/t22-/m0/s1. The van der Waals surface area contributed by atoms with Crippen molar-refractivity contribution in [2.24, 2.45) is 5.92 Å². The largest absolute Gasteiger partial charge is 0.349 e. The Hall–Kier alpha value is -2.18. The maximum atomic E-state index is 12.8. The molecule has 0 bridgehead atoms. The van der Waals surface area contributed by atoms with Crippen LogP contribution in [-0.4, -0.2) is 31.7 Å². The summed E-state index contributed by atoms with van der Waals surface area (Å²) in [5, 5.41) is 3.18. The van der Waals surface area contributed by atoms with Gasteiger partial charge in [0.1, 0.15) is 0 Å². The molecule has 1 amide bonds. The summed E-state index contributed by atoms with van der Waals surface area (Å²) in [5.41, 5.74) is 3.57. The van der Waals surface area contributed by atoms with Gasteiger partial charge >= 0.3 is 0 Å². The molecule has 1 aliphatic rings. The average Bonchev–Trinajstić information content (AvgIpc) is 2.74. The van der Waals surface area contributed by atoms with Crippen molar-refractivity contribution in [3.8, 4) is 0 Å². The van der Waals surface area contributed by atoms with Crippen LogP contribution in [0.3, 0.4) is 0 Å². The lowest BCUT2D eigenvalue weighted by atomic mass is 9.95. The molecule has 1 saturated heterocycles. The molecule has 0 unspecified atom stereocenters. The summed E-state index contributed by atoms with van der Waals surface area (Å²) in [5.74, 6) is -0.135. The number of nitrogens with one attached hydrogen (secondary N) is 1. The molecule has 2 aromatic carbocycles. The number of benzene rings is 2. The molecule has 0 radical (unpaired) electrons. The van der Waals surface area contributed by atoms with E-state index in [0.717, 1.165) is 12.0 Å². The second kappa shape index (κ2) is 9.09. The van der Waals surface area contributed by atoms with Crippen LogP contribution in [0.5, 0.6) is 0 Å². The van der Waals surface area contributed by atoms with Gasteiger partial charge in [0, 0.05) is 19.0 Å². The molecule has 1 heterocycles. The smallest absolute Gasteiger partial charge is 0.243 e. The Morgan fingerprint density at radius 3 is 2.31 bits per heavy atom. The number of amides is 1. The minimum atomic E-state index is -3.49. The van der Waals surface area contributed by atoms with Crippen LogP contribution in [-0.2, 0) is 14.8 Å². The van der Waals surface area contributed by atoms with Crippen LogP contribution in [0.15, 0.2) is 53.4 Å². The molecule has 1 atom stereocenters. The van der Waals surface area contributed by atoms with Crippen molar-refractivity contribution in [3.63, 3.8) is 0 Å². The molecular weight excluding hydrogens is 384 g/mol. The van der Waals surface area contributed by atoms with Gasteiger partial charge < -0.3 is 5.32 Å². The summed E-state index contributed by atoms with van der Waals surface area (Å²) in [6, 6.07) is 14.8. The number of hydrogen-bond donors (Lipinski definition) is 1. The number of carbonyl (C=O) groups excluding carboxylic acids is 1. The first-order valence-corrected chi connectivity index (χ1v) is 11.7. The van der Waals surface area contributed by atoms with E-state index in [-0.39, 0.29) is 17.9 Å². The van der Waals surface area contributed by atoms with E-state index in [0.29, 0.717) is 30.8 Å². The van der Waals surface area contributed by atoms with E-state index in [2.05, 4.69) is 44.3 Å². The van der Waals surface area contributed by atoms with E-state index in [1.54, 1.807) is 30.3 Å². The molecule has 2 aromatic rings. The van der Waals surface area contributed by atoms with E-state index in [4.69, 9.17) is 0 Å². The van der Waals surface area contributed by atoms with E-state index >= 15 is 0 Å². The molecular formula is C23H30N2O3S. The maximum Gasteiger partial charge on any atom is 0.243 e. The Balaban J connectivity index is 1.61. The summed E-state index contributed by atoms with van der Waals surface area (Å²) in [6.45, 7) is 6.97. The average molecular weight is 415 g/mol. The second-order valence-electron chi connectivity index (χ2n) is 7.80. The zero-order valence-corrected chi connectivity index (χ0v) is 18.2. The lowest BCUT2D eigenvalue weighted by Crippen LogP contribution is -2.43. The molecule has 156 valence electrons. The van der Waals surface area contributed by atoms with Gasteiger partial charge in [-0.25, -0.2) is 8.42 Å². The number of hydrogen-bond acceptors (Lipinski definition) is 3. The van der Waals surface area contributed by atoms with Crippen molar-refractivity contribution >= 4 is 15.9 Å². The molecule has 29 heavy (non-hydrogen) atoms. The first-order valence-electron chi connectivity index (χ1n) is 10.3. The van der Waals surface area contributed by atoms with Gasteiger partial charge in [-0.05, 0) is 61.9 Å². The molecule has 5 nitrogen and oxygen atoms in total. The lowest BCUT2D eigenvalue weighted by molar-refractivity contribution is -0.126. The molecule has 1 N–H and O–H groups in total. The van der Waals surface area contributed by atoms with Crippen LogP contribution < -0.4 is 5.32 Å². The first kappa shape index (κ1) is 21.5. The van der Waals surface area contributed by atoms with Gasteiger partial charge in [0.2, 0.25) is 15.9 Å². The monoisotopic (exact) mass is 414 g/mol. The van der Waals surface area contributed by atoms with Crippen LogP contribution in [0, 0.1) is 19.8 Å². The number of nitrogens with zero attached hydrogens (tertiary/aromatic N) is 1. The molecule has 3 rings (SSSR count). The molecule has 1 aliphatic heterocycles. The first-order chi connectivity index (χ1) is 13.8. The van der Waals surface area contributed by atoms with Crippen LogP contribution in [0.1, 0.15) is 48.9 Å². The van der Waals surface area contributed by atoms with Crippen LogP contribution in [0.4, 0.5) is 0 Å². The van der Waals surface area contributed by atoms with Gasteiger partial charge in [-0.1, -0.05) is 43.3 Å². The van der Waals surface area contributed by atoms with Gasteiger partial charge in [-0.3, -0.25) is 4.79 Å². The maximum absolute atomic E-state index is 12.8. The molecule has 6 heteroatoms. The van der Waals surface area contributed by atoms with Gasteiger partial charge in [-0.15, -0.1) is 0 Å². The fraction of sp³-hybridized carbons (Fsp3) is 0.435. The highest BCUT2D eigenvalue weighted by atomic mass is 32.2. The highest BCUT2D eigenvalue weighted by Gasteiger charge is 2.32. The minimum absolute atomic E-state index is 0.0202. The third-order valence-corrected chi connectivity index (χ3v) is 7.78. The van der Waals surface area contributed by atoms with Gasteiger partial charge in [-0.2, -0.15) is 4.31 Å². The predicted molar refractivity (Wildman–Crippen MR) is 115 cm³/mol. The lowest BCUT2D eigenvalue weighted by Gasteiger charge is -2.31. The van der Waals surface area contributed by atoms with E-state index in [1.807, 2.05) is 0 Å². The van der Waals surface area contributed by atoms with Crippen molar-refractivity contribution in [2.45, 2.75) is 51.0 Å². The Labute approximate surface area is 174 Å². The zero-order chi connectivity index (χ0) is 21.0. The highest BCUT2D eigenvalue weighted by Crippen LogP contribution is 2.26. The van der Waals surface area contributed by atoms with Crippen molar-refractivity contribution in [3.05, 3.63) is 65.2 Å². The molecule has 0 spiro atoms. The van der Waals surface area contributed by atoms with Gasteiger partial charge in [0.05, 0.1) is 10.9 Å². The summed E-state index contributed by atoms with van der Waals surface area (Å²) in [6.07, 6.45) is 1.90. The highest BCUT2D eigenvalue weighted by molar-refractivity contribution is 7.89. The third-order valence-electron chi connectivity index (χ3n) is 5.86. The molecule has 0 saturated carbocycles. The Morgan fingerprint density at radius 2 is 1.72 bits per heavy atom. The van der Waals surface area contributed by atoms with Crippen LogP contribution in [0.2, 0.25) is 0 Å². The number of rotatable bonds is 6. The SMILES string of the molecule is CC[C@H](NC(=O)C1CCN(S(=O)(=O)c2ccccc2)CC1)c1ccc(C)c(C)c1. The van der Waals surface area contributed by atoms with Crippen molar-refractivity contribution < 1.29 is 13.2 Å². The van der Waals surface area contributed by atoms with Crippen molar-refractivity contribution in [2.75, 3.05) is 13.1 Å². The number of sulfonamides is 1. The third kappa shape index (κ3) is 4.87. The summed E-state index contributed by atoms with van der Waals surface area (Å²) in [4.78, 5) is 13.1. The zero-order valence-electron chi connectivity index (χ0n) is 17.4. The second-order valence-corrected chi connectivity index (χ2v) is 9.74. The van der Waals surface area contributed by atoms with Crippen molar-refractivity contribution in [1.82, 2.24) is 9.62 Å². The summed E-state index contributed by atoms with van der Waals surface area (Å²) in [7, 11) is -3.49. The summed E-state index contributed by atoms with van der Waals surface area (Å²) >= 11 is 0. The van der Waals surface area contributed by atoms with Crippen molar-refractivity contribution in [1.29, 1.82) is 0 Å².